The zero-order valence-electron chi connectivity index (χ0n) is 13.9. The molecule has 2 amide bonds. The third-order valence-corrected chi connectivity index (χ3v) is 4.70. The summed E-state index contributed by atoms with van der Waals surface area (Å²) in [5.74, 6) is 0. The summed E-state index contributed by atoms with van der Waals surface area (Å²) < 4.78 is 5.35. The summed E-state index contributed by atoms with van der Waals surface area (Å²) in [7, 11) is 0. The molecule has 0 atom stereocenters. The fraction of sp³-hybridized carbons (Fsp3) is 0.556. The van der Waals surface area contributed by atoms with Crippen molar-refractivity contribution in [3.8, 4) is 0 Å². The van der Waals surface area contributed by atoms with Gasteiger partial charge in [0.15, 0.2) is 0 Å². The molecule has 0 fully saturated rings. The summed E-state index contributed by atoms with van der Waals surface area (Å²) in [6.45, 7) is 6.35. The maximum atomic E-state index is 12.1. The average Bonchev–Trinajstić information content (AvgIpc) is 3.02. The highest BCUT2D eigenvalue weighted by Gasteiger charge is 2.25. The van der Waals surface area contributed by atoms with Gasteiger partial charge in [0.2, 0.25) is 0 Å². The molecule has 2 N–H and O–H groups in total. The van der Waals surface area contributed by atoms with Crippen LogP contribution in [0.3, 0.4) is 0 Å². The number of ether oxygens (including phenoxy) is 1. The summed E-state index contributed by atoms with van der Waals surface area (Å²) in [6, 6.07) is 1.87. The van der Waals surface area contributed by atoms with Crippen LogP contribution in [0.25, 0.3) is 0 Å². The van der Waals surface area contributed by atoms with Crippen LogP contribution in [0.2, 0.25) is 0 Å². The topological polar surface area (TPSA) is 63.2 Å². The van der Waals surface area contributed by atoms with E-state index in [1.807, 2.05) is 6.07 Å². The van der Waals surface area contributed by atoms with Crippen LogP contribution in [-0.4, -0.2) is 30.8 Å². The smallest absolute Gasteiger partial charge is 0.319 e. The molecule has 3 rings (SSSR count). The van der Waals surface area contributed by atoms with Crippen LogP contribution in [-0.2, 0) is 17.6 Å². The van der Waals surface area contributed by atoms with Gasteiger partial charge >= 0.3 is 6.03 Å². The van der Waals surface area contributed by atoms with Gasteiger partial charge in [-0.1, -0.05) is 25.5 Å². The molecule has 23 heavy (non-hydrogen) atoms. The first-order valence-electron chi connectivity index (χ1n) is 8.34. The molecule has 0 spiro atoms. The lowest BCUT2D eigenvalue weighted by molar-refractivity contribution is 0.145. The summed E-state index contributed by atoms with van der Waals surface area (Å²) in [4.78, 5) is 16.6. The van der Waals surface area contributed by atoms with Gasteiger partial charge in [0.05, 0.1) is 25.1 Å². The van der Waals surface area contributed by atoms with Gasteiger partial charge in [0.1, 0.15) is 0 Å². The predicted molar refractivity (Wildman–Crippen MR) is 90.6 cm³/mol. The number of aromatic nitrogens is 1. The van der Waals surface area contributed by atoms with Crippen LogP contribution >= 0.6 is 0 Å². The van der Waals surface area contributed by atoms with Crippen molar-refractivity contribution in [2.45, 2.75) is 39.5 Å². The third-order valence-electron chi connectivity index (χ3n) is 4.70. The SMILES string of the molecule is CC(C)(CNC(=O)Nc1cnc2c(c1)CCC2)C1=CCOCC1. The third kappa shape index (κ3) is 3.91. The van der Waals surface area contributed by atoms with Crippen LogP contribution in [0, 0.1) is 5.41 Å². The highest BCUT2D eigenvalue weighted by Crippen LogP contribution is 2.29. The number of carbonyl (C=O) groups excluding carboxylic acids is 1. The van der Waals surface area contributed by atoms with Gasteiger partial charge < -0.3 is 15.4 Å². The number of anilines is 1. The van der Waals surface area contributed by atoms with Crippen LogP contribution in [0.4, 0.5) is 10.5 Å². The van der Waals surface area contributed by atoms with Gasteiger partial charge in [-0.2, -0.15) is 0 Å². The van der Waals surface area contributed by atoms with Crippen LogP contribution in [0.15, 0.2) is 23.9 Å². The molecule has 5 heteroatoms. The Bertz CT molecular complexity index is 623. The number of fused-ring (bicyclic) bond motifs is 1. The van der Waals surface area contributed by atoms with Crippen molar-refractivity contribution < 1.29 is 9.53 Å². The molecule has 0 saturated carbocycles. The first kappa shape index (κ1) is 16.0. The van der Waals surface area contributed by atoms with Crippen LogP contribution < -0.4 is 10.6 Å². The van der Waals surface area contributed by atoms with E-state index in [1.54, 1.807) is 6.20 Å². The number of rotatable bonds is 4. The summed E-state index contributed by atoms with van der Waals surface area (Å²) in [6.07, 6.45) is 8.08. The Morgan fingerprint density at radius 2 is 2.22 bits per heavy atom. The number of nitrogens with zero attached hydrogens (tertiary/aromatic N) is 1. The number of hydrogen-bond acceptors (Lipinski definition) is 3. The quantitative estimate of drug-likeness (QED) is 0.839. The first-order valence-corrected chi connectivity index (χ1v) is 8.34. The van der Waals surface area contributed by atoms with Gasteiger partial charge in [0.25, 0.3) is 0 Å². The highest BCUT2D eigenvalue weighted by molar-refractivity contribution is 5.89. The first-order chi connectivity index (χ1) is 11.0. The van der Waals surface area contributed by atoms with Gasteiger partial charge in [-0.25, -0.2) is 4.79 Å². The second-order valence-electron chi connectivity index (χ2n) is 6.93. The zero-order valence-corrected chi connectivity index (χ0v) is 13.9. The largest absolute Gasteiger partial charge is 0.377 e. The molecule has 0 aromatic carbocycles. The molecule has 0 unspecified atom stereocenters. The molecule has 2 heterocycles. The molecule has 5 nitrogen and oxygen atoms in total. The molecular weight excluding hydrogens is 290 g/mol. The van der Waals surface area contributed by atoms with E-state index >= 15 is 0 Å². The molecule has 1 aliphatic heterocycles. The number of carbonyl (C=O) groups is 1. The van der Waals surface area contributed by atoms with Crippen molar-refractivity contribution in [2.24, 2.45) is 5.41 Å². The van der Waals surface area contributed by atoms with Crippen molar-refractivity contribution in [3.05, 3.63) is 35.2 Å². The number of urea groups is 1. The Morgan fingerprint density at radius 3 is 3.00 bits per heavy atom. The van der Waals surface area contributed by atoms with E-state index in [4.69, 9.17) is 4.74 Å². The summed E-state index contributed by atoms with van der Waals surface area (Å²) >= 11 is 0. The van der Waals surface area contributed by atoms with Crippen molar-refractivity contribution in [1.82, 2.24) is 10.3 Å². The Hall–Kier alpha value is -1.88. The molecule has 0 radical (unpaired) electrons. The van der Waals surface area contributed by atoms with Gasteiger partial charge in [-0.15, -0.1) is 0 Å². The molecular formula is C18H25N3O2. The monoisotopic (exact) mass is 315 g/mol. The zero-order chi connectivity index (χ0) is 16.3. The minimum Gasteiger partial charge on any atom is -0.377 e. The Kier molecular flexibility index (Phi) is 4.66. The summed E-state index contributed by atoms with van der Waals surface area (Å²) in [5, 5.41) is 5.87. The number of nitrogens with one attached hydrogen (secondary N) is 2. The van der Waals surface area contributed by atoms with Crippen LogP contribution in [0.5, 0.6) is 0 Å². The molecule has 0 bridgehead atoms. The molecule has 2 aliphatic rings. The fourth-order valence-corrected chi connectivity index (χ4v) is 3.23. The average molecular weight is 315 g/mol. The number of amides is 2. The van der Waals surface area contributed by atoms with Crippen LogP contribution in [0.1, 0.15) is 37.9 Å². The van der Waals surface area contributed by atoms with E-state index < -0.39 is 0 Å². The van der Waals surface area contributed by atoms with E-state index in [0.717, 1.165) is 38.0 Å². The van der Waals surface area contributed by atoms with Crippen molar-refractivity contribution >= 4 is 11.7 Å². The normalized spacial score (nSPS) is 17.4. The van der Waals surface area contributed by atoms with Gasteiger partial charge in [0, 0.05) is 17.7 Å². The van der Waals surface area contributed by atoms with E-state index in [0.29, 0.717) is 13.2 Å². The molecule has 124 valence electrons. The van der Waals surface area contributed by atoms with E-state index in [2.05, 4.69) is 35.5 Å². The van der Waals surface area contributed by atoms with Crippen molar-refractivity contribution in [3.63, 3.8) is 0 Å². The Labute approximate surface area is 137 Å². The van der Waals surface area contributed by atoms with E-state index in [9.17, 15) is 4.79 Å². The number of aryl methyl sites for hydroxylation is 2. The highest BCUT2D eigenvalue weighted by atomic mass is 16.5. The standard InChI is InChI=1S/C18H25N3O2/c1-18(2,14-6-8-23-9-7-14)12-20-17(22)21-15-10-13-4-3-5-16(13)19-11-15/h6,10-11H,3-5,7-9,12H2,1-2H3,(H2,20,21,22). The second kappa shape index (κ2) is 6.71. The maximum absolute atomic E-state index is 12.1. The lowest BCUT2D eigenvalue weighted by atomic mass is 9.81. The summed E-state index contributed by atoms with van der Waals surface area (Å²) in [5.41, 5.74) is 4.49. The van der Waals surface area contributed by atoms with Gasteiger partial charge in [-0.05, 0) is 37.3 Å². The molecule has 1 aromatic rings. The maximum Gasteiger partial charge on any atom is 0.319 e. The number of pyridine rings is 1. The lowest BCUT2D eigenvalue weighted by Crippen LogP contribution is -2.38. The fourth-order valence-electron chi connectivity index (χ4n) is 3.23. The van der Waals surface area contributed by atoms with Crippen molar-refractivity contribution in [2.75, 3.05) is 25.1 Å². The molecule has 1 aliphatic carbocycles. The van der Waals surface area contributed by atoms with E-state index in [1.165, 1.54) is 16.8 Å². The minimum absolute atomic E-state index is 0.0582. The molecule has 1 aromatic heterocycles. The number of hydrogen-bond donors (Lipinski definition) is 2. The second-order valence-corrected chi connectivity index (χ2v) is 6.93. The Morgan fingerprint density at radius 1 is 1.35 bits per heavy atom. The molecule has 0 saturated heterocycles. The predicted octanol–water partition coefficient (Wildman–Crippen LogP) is 3.06. The lowest BCUT2D eigenvalue weighted by Gasteiger charge is -2.30. The van der Waals surface area contributed by atoms with Crippen molar-refractivity contribution in [1.29, 1.82) is 0 Å². The van der Waals surface area contributed by atoms with Gasteiger partial charge in [-0.3, -0.25) is 4.98 Å². The van der Waals surface area contributed by atoms with E-state index in [-0.39, 0.29) is 11.4 Å². The Balaban J connectivity index is 1.54. The minimum atomic E-state index is -0.175.